The Bertz CT molecular complexity index is 926. The van der Waals surface area contributed by atoms with Gasteiger partial charge in [-0.15, -0.1) is 0 Å². The molecule has 0 atom stereocenters. The first kappa shape index (κ1) is 20.2. The van der Waals surface area contributed by atoms with E-state index in [4.69, 9.17) is 26.4 Å². The molecule has 0 N–H and O–H groups in total. The molecule has 2 aromatic rings. The molecule has 0 unspecified atom stereocenters. The van der Waals surface area contributed by atoms with Crippen molar-refractivity contribution >= 4 is 46.0 Å². The Morgan fingerprint density at radius 1 is 1.04 bits per heavy atom. The number of anilines is 1. The lowest BCUT2D eigenvalue weighted by Gasteiger charge is -2.18. The zero-order valence-electron chi connectivity index (χ0n) is 15.9. The van der Waals surface area contributed by atoms with Gasteiger partial charge in [-0.2, -0.15) is 0 Å². The van der Waals surface area contributed by atoms with Gasteiger partial charge in [0, 0.05) is 0 Å². The van der Waals surface area contributed by atoms with E-state index in [0.29, 0.717) is 45.4 Å². The van der Waals surface area contributed by atoms with Crippen LogP contribution in [0.5, 0.6) is 17.2 Å². The molecular formula is C21H21NO4S2. The van der Waals surface area contributed by atoms with Crippen molar-refractivity contribution in [2.45, 2.75) is 13.8 Å². The highest BCUT2D eigenvalue weighted by Crippen LogP contribution is 2.40. The molecule has 1 heterocycles. The summed E-state index contributed by atoms with van der Waals surface area (Å²) in [6.45, 7) is 4.88. The number of benzene rings is 2. The molecule has 7 heteroatoms. The number of amides is 1. The smallest absolute Gasteiger partial charge is 0.270 e. The van der Waals surface area contributed by atoms with Crippen molar-refractivity contribution in [3.8, 4) is 17.2 Å². The third-order valence-electron chi connectivity index (χ3n) is 3.99. The van der Waals surface area contributed by atoms with Crippen LogP contribution in [0.4, 0.5) is 5.69 Å². The number of para-hydroxylation sites is 2. The minimum atomic E-state index is -0.171. The molecule has 1 amide bonds. The Balaban J connectivity index is 1.92. The topological polar surface area (TPSA) is 48.0 Å². The monoisotopic (exact) mass is 415 g/mol. The van der Waals surface area contributed by atoms with Gasteiger partial charge in [0.1, 0.15) is 5.75 Å². The van der Waals surface area contributed by atoms with Crippen molar-refractivity contribution in [2.75, 3.05) is 25.2 Å². The van der Waals surface area contributed by atoms with Crippen LogP contribution >= 0.6 is 24.0 Å². The maximum Gasteiger partial charge on any atom is 0.270 e. The van der Waals surface area contributed by atoms with Crippen molar-refractivity contribution < 1.29 is 19.0 Å². The van der Waals surface area contributed by atoms with Gasteiger partial charge in [0.15, 0.2) is 15.8 Å². The molecule has 146 valence electrons. The fourth-order valence-corrected chi connectivity index (χ4v) is 4.08. The van der Waals surface area contributed by atoms with Gasteiger partial charge in [-0.1, -0.05) is 42.2 Å². The normalized spacial score (nSPS) is 15.2. The second kappa shape index (κ2) is 9.12. The van der Waals surface area contributed by atoms with E-state index in [1.54, 1.807) is 13.2 Å². The Labute approximate surface area is 174 Å². The number of nitrogens with zero attached hydrogens (tertiary/aromatic N) is 1. The van der Waals surface area contributed by atoms with Crippen LogP contribution in [0.3, 0.4) is 0 Å². The summed E-state index contributed by atoms with van der Waals surface area (Å²) in [5, 5.41) is 0. The maximum absolute atomic E-state index is 13.0. The number of carbonyl (C=O) groups is 1. The van der Waals surface area contributed by atoms with Gasteiger partial charge in [-0.25, -0.2) is 0 Å². The molecule has 5 nitrogen and oxygen atoms in total. The van der Waals surface area contributed by atoms with Crippen molar-refractivity contribution in [1.82, 2.24) is 0 Å². The molecule has 1 aliphatic rings. The summed E-state index contributed by atoms with van der Waals surface area (Å²) in [6.07, 6.45) is 1.81. The van der Waals surface area contributed by atoms with Crippen LogP contribution in [0.15, 0.2) is 47.4 Å². The molecule has 1 saturated heterocycles. The predicted molar refractivity (Wildman–Crippen MR) is 117 cm³/mol. The van der Waals surface area contributed by atoms with Crippen molar-refractivity contribution in [3.63, 3.8) is 0 Å². The Kier molecular flexibility index (Phi) is 6.59. The first-order valence-electron chi connectivity index (χ1n) is 8.89. The van der Waals surface area contributed by atoms with Gasteiger partial charge in [0.25, 0.3) is 5.91 Å². The number of ether oxygens (including phenoxy) is 3. The molecule has 1 fully saturated rings. The molecule has 0 saturated carbocycles. The minimum Gasteiger partial charge on any atom is -0.493 e. The fraction of sp³-hybridized carbons (Fsp3) is 0.238. The third-order valence-corrected chi connectivity index (χ3v) is 5.29. The van der Waals surface area contributed by atoms with Crippen LogP contribution in [0.25, 0.3) is 6.08 Å². The Hall–Kier alpha value is -2.51. The van der Waals surface area contributed by atoms with E-state index in [-0.39, 0.29) is 5.91 Å². The summed E-state index contributed by atoms with van der Waals surface area (Å²) < 4.78 is 17.1. The summed E-state index contributed by atoms with van der Waals surface area (Å²) in [5.41, 5.74) is 1.48. The SMILES string of the molecule is CCOc1ccc(C=C2SC(=S)N(c3ccccc3OCC)C2=O)cc1OC. The average molecular weight is 416 g/mol. The standard InChI is InChI=1S/C21H21NO4S2/c1-4-25-16-9-7-6-8-15(16)22-20(23)19(28-21(22)27)13-14-10-11-17(26-5-2)18(12-14)24-3/h6-13H,4-5H2,1-3H3. The van der Waals surface area contributed by atoms with E-state index >= 15 is 0 Å². The van der Waals surface area contributed by atoms with E-state index in [1.165, 1.54) is 16.7 Å². The number of rotatable bonds is 7. The van der Waals surface area contributed by atoms with Crippen LogP contribution in [0, 0.1) is 0 Å². The first-order valence-corrected chi connectivity index (χ1v) is 10.1. The second-order valence-corrected chi connectivity index (χ2v) is 7.44. The Morgan fingerprint density at radius 2 is 1.75 bits per heavy atom. The molecule has 2 aromatic carbocycles. The number of methoxy groups -OCH3 is 1. The van der Waals surface area contributed by atoms with Crippen LogP contribution in [-0.4, -0.2) is 30.6 Å². The second-order valence-electron chi connectivity index (χ2n) is 5.76. The summed E-state index contributed by atoms with van der Waals surface area (Å²) >= 11 is 6.73. The highest BCUT2D eigenvalue weighted by molar-refractivity contribution is 8.27. The lowest BCUT2D eigenvalue weighted by molar-refractivity contribution is -0.113. The molecule has 3 rings (SSSR count). The van der Waals surface area contributed by atoms with Gasteiger partial charge >= 0.3 is 0 Å². The summed E-state index contributed by atoms with van der Waals surface area (Å²) in [5.74, 6) is 1.74. The van der Waals surface area contributed by atoms with Crippen LogP contribution < -0.4 is 19.1 Å². The predicted octanol–water partition coefficient (Wildman–Crippen LogP) is 4.90. The van der Waals surface area contributed by atoms with Gasteiger partial charge < -0.3 is 14.2 Å². The lowest BCUT2D eigenvalue weighted by Crippen LogP contribution is -2.28. The zero-order valence-corrected chi connectivity index (χ0v) is 17.6. The molecule has 0 aliphatic carbocycles. The summed E-state index contributed by atoms with van der Waals surface area (Å²) in [4.78, 5) is 15.1. The summed E-state index contributed by atoms with van der Waals surface area (Å²) in [7, 11) is 1.59. The zero-order chi connectivity index (χ0) is 20.1. The van der Waals surface area contributed by atoms with E-state index in [1.807, 2.05) is 56.3 Å². The summed E-state index contributed by atoms with van der Waals surface area (Å²) in [6, 6.07) is 12.9. The van der Waals surface area contributed by atoms with E-state index in [9.17, 15) is 4.79 Å². The van der Waals surface area contributed by atoms with Gasteiger partial charge in [-0.3, -0.25) is 9.69 Å². The van der Waals surface area contributed by atoms with Crippen molar-refractivity contribution in [1.29, 1.82) is 0 Å². The van der Waals surface area contributed by atoms with E-state index in [2.05, 4.69) is 0 Å². The fourth-order valence-electron chi connectivity index (χ4n) is 2.79. The van der Waals surface area contributed by atoms with Crippen molar-refractivity contribution in [3.05, 3.63) is 52.9 Å². The highest BCUT2D eigenvalue weighted by atomic mass is 32.2. The first-order chi connectivity index (χ1) is 13.6. The molecule has 0 spiro atoms. The van der Waals surface area contributed by atoms with Crippen LogP contribution in [0.1, 0.15) is 19.4 Å². The molecule has 0 aromatic heterocycles. The van der Waals surface area contributed by atoms with E-state index in [0.717, 1.165) is 5.56 Å². The number of carbonyl (C=O) groups excluding carboxylic acids is 1. The maximum atomic E-state index is 13.0. The lowest BCUT2D eigenvalue weighted by atomic mass is 10.1. The molecule has 0 radical (unpaired) electrons. The highest BCUT2D eigenvalue weighted by Gasteiger charge is 2.34. The van der Waals surface area contributed by atoms with Crippen molar-refractivity contribution in [2.24, 2.45) is 0 Å². The Morgan fingerprint density at radius 3 is 2.46 bits per heavy atom. The van der Waals surface area contributed by atoms with Crippen LogP contribution in [0.2, 0.25) is 0 Å². The van der Waals surface area contributed by atoms with Gasteiger partial charge in [0.05, 0.1) is 30.9 Å². The minimum absolute atomic E-state index is 0.171. The van der Waals surface area contributed by atoms with Gasteiger partial charge in [0.2, 0.25) is 0 Å². The molecule has 28 heavy (non-hydrogen) atoms. The number of hydrogen-bond acceptors (Lipinski definition) is 6. The third kappa shape index (κ3) is 4.15. The van der Waals surface area contributed by atoms with E-state index < -0.39 is 0 Å². The number of hydrogen-bond donors (Lipinski definition) is 0. The largest absolute Gasteiger partial charge is 0.493 e. The van der Waals surface area contributed by atoms with Gasteiger partial charge in [-0.05, 0) is 49.8 Å². The van der Waals surface area contributed by atoms with Crippen LogP contribution in [-0.2, 0) is 4.79 Å². The number of thiocarbonyl (C=S) groups is 1. The average Bonchev–Trinajstić information content (AvgIpc) is 2.97. The molecule has 1 aliphatic heterocycles. The number of thioether (sulfide) groups is 1. The molecular weight excluding hydrogens is 394 g/mol. The quantitative estimate of drug-likeness (QED) is 0.474. The molecule has 0 bridgehead atoms.